The highest BCUT2D eigenvalue weighted by atomic mass is 19.3. The fourth-order valence-corrected chi connectivity index (χ4v) is 2.56. The van der Waals surface area contributed by atoms with E-state index in [9.17, 15) is 8.78 Å². The van der Waals surface area contributed by atoms with Crippen LogP contribution >= 0.6 is 0 Å². The Bertz CT molecular complexity index is 410. The predicted molar refractivity (Wildman–Crippen MR) is 70.5 cm³/mol. The summed E-state index contributed by atoms with van der Waals surface area (Å²) in [5.74, 6) is 0.274. The van der Waals surface area contributed by atoms with E-state index in [0.29, 0.717) is 6.04 Å². The van der Waals surface area contributed by atoms with Crippen LogP contribution in [0.2, 0.25) is 0 Å². The third-order valence-electron chi connectivity index (χ3n) is 3.68. The number of benzene rings is 1. The van der Waals surface area contributed by atoms with Crippen LogP contribution in [0.15, 0.2) is 24.3 Å². The molecule has 0 saturated carbocycles. The zero-order valence-electron chi connectivity index (χ0n) is 11.3. The van der Waals surface area contributed by atoms with Gasteiger partial charge in [0.25, 0.3) is 0 Å². The average Bonchev–Trinajstić information content (AvgIpc) is 2.32. The molecule has 1 aliphatic heterocycles. The third-order valence-corrected chi connectivity index (χ3v) is 3.68. The van der Waals surface area contributed by atoms with E-state index in [1.807, 2.05) is 19.1 Å². The Labute approximate surface area is 112 Å². The summed E-state index contributed by atoms with van der Waals surface area (Å²) in [7, 11) is 0. The van der Waals surface area contributed by atoms with E-state index in [1.165, 1.54) is 0 Å². The first-order chi connectivity index (χ1) is 9.13. The van der Waals surface area contributed by atoms with Gasteiger partial charge in [-0.15, -0.1) is 0 Å². The lowest BCUT2D eigenvalue weighted by atomic mass is 10.0. The second-order valence-corrected chi connectivity index (χ2v) is 4.73. The highest BCUT2D eigenvalue weighted by Gasteiger charge is 2.29. The summed E-state index contributed by atoms with van der Waals surface area (Å²) in [6, 6.07) is 7.57. The standard InChI is InChI=1S/C14H20F2N2O/c1-3-18(11-8-17-9-11)10(2)12-6-4-5-7-13(12)19-14(15)16/h4-7,10-11,14,17H,3,8-9H2,1-2H3. The highest BCUT2D eigenvalue weighted by Crippen LogP contribution is 2.31. The lowest BCUT2D eigenvalue weighted by molar-refractivity contribution is -0.0513. The molecule has 1 N–H and O–H groups in total. The van der Waals surface area contributed by atoms with Crippen molar-refractivity contribution in [1.82, 2.24) is 10.2 Å². The maximum Gasteiger partial charge on any atom is 0.387 e. The van der Waals surface area contributed by atoms with Crippen molar-refractivity contribution in [3.63, 3.8) is 0 Å². The Morgan fingerprint density at radius 1 is 1.37 bits per heavy atom. The summed E-state index contributed by atoms with van der Waals surface area (Å²) >= 11 is 0. The normalized spacial score (nSPS) is 17.6. The highest BCUT2D eigenvalue weighted by molar-refractivity contribution is 5.35. The molecule has 1 saturated heterocycles. The second kappa shape index (κ2) is 6.30. The molecule has 1 aliphatic rings. The number of para-hydroxylation sites is 1. The molecule has 1 fully saturated rings. The van der Waals surface area contributed by atoms with Crippen LogP contribution in [-0.4, -0.2) is 37.2 Å². The Balaban J connectivity index is 2.18. The zero-order chi connectivity index (χ0) is 13.8. The van der Waals surface area contributed by atoms with E-state index in [-0.39, 0.29) is 11.8 Å². The van der Waals surface area contributed by atoms with Crippen molar-refractivity contribution in [1.29, 1.82) is 0 Å². The number of alkyl halides is 2. The van der Waals surface area contributed by atoms with Gasteiger partial charge >= 0.3 is 6.61 Å². The first-order valence-electron chi connectivity index (χ1n) is 6.63. The van der Waals surface area contributed by atoms with E-state index in [1.54, 1.807) is 12.1 Å². The Hall–Kier alpha value is -1.20. The number of hydrogen-bond acceptors (Lipinski definition) is 3. The molecule has 0 spiro atoms. The molecule has 5 heteroatoms. The molecule has 2 rings (SSSR count). The lowest BCUT2D eigenvalue weighted by Gasteiger charge is -2.41. The molecule has 1 aromatic rings. The number of ether oxygens (including phenoxy) is 1. The maximum atomic E-state index is 12.4. The summed E-state index contributed by atoms with van der Waals surface area (Å²) in [5.41, 5.74) is 0.816. The number of nitrogens with one attached hydrogen (secondary N) is 1. The topological polar surface area (TPSA) is 24.5 Å². The molecule has 0 aliphatic carbocycles. The van der Waals surface area contributed by atoms with Crippen LogP contribution in [0.25, 0.3) is 0 Å². The molecular formula is C14H20F2N2O. The van der Waals surface area contributed by atoms with Gasteiger partial charge in [0, 0.05) is 30.7 Å². The molecule has 106 valence electrons. The molecular weight excluding hydrogens is 250 g/mol. The predicted octanol–water partition coefficient (Wildman–Crippen LogP) is 2.64. The lowest BCUT2D eigenvalue weighted by Crippen LogP contribution is -2.57. The van der Waals surface area contributed by atoms with E-state index >= 15 is 0 Å². The molecule has 0 radical (unpaired) electrons. The van der Waals surface area contributed by atoms with Crippen LogP contribution in [-0.2, 0) is 0 Å². The van der Waals surface area contributed by atoms with Crippen molar-refractivity contribution in [2.24, 2.45) is 0 Å². The number of rotatable bonds is 6. The van der Waals surface area contributed by atoms with Gasteiger partial charge in [0.2, 0.25) is 0 Å². The van der Waals surface area contributed by atoms with Gasteiger partial charge in [-0.2, -0.15) is 8.78 Å². The van der Waals surface area contributed by atoms with Gasteiger partial charge in [-0.3, -0.25) is 4.90 Å². The Morgan fingerprint density at radius 2 is 2.05 bits per heavy atom. The van der Waals surface area contributed by atoms with E-state index < -0.39 is 6.61 Å². The molecule has 1 heterocycles. The summed E-state index contributed by atoms with van der Waals surface area (Å²) in [6.07, 6.45) is 0. The first kappa shape index (κ1) is 14.2. The van der Waals surface area contributed by atoms with Crippen molar-refractivity contribution >= 4 is 0 Å². The van der Waals surface area contributed by atoms with Gasteiger partial charge in [0.15, 0.2) is 0 Å². The quantitative estimate of drug-likeness (QED) is 0.860. The van der Waals surface area contributed by atoms with Crippen LogP contribution < -0.4 is 10.1 Å². The SMILES string of the molecule is CCN(C1CNC1)C(C)c1ccccc1OC(F)F. The van der Waals surface area contributed by atoms with E-state index in [0.717, 1.165) is 25.2 Å². The Morgan fingerprint density at radius 3 is 2.58 bits per heavy atom. The Kier molecular flexibility index (Phi) is 4.71. The molecule has 3 nitrogen and oxygen atoms in total. The van der Waals surface area contributed by atoms with Crippen molar-refractivity contribution in [2.75, 3.05) is 19.6 Å². The van der Waals surface area contributed by atoms with Crippen LogP contribution in [0, 0.1) is 0 Å². The van der Waals surface area contributed by atoms with Crippen LogP contribution in [0.1, 0.15) is 25.5 Å². The zero-order valence-corrected chi connectivity index (χ0v) is 11.3. The van der Waals surface area contributed by atoms with E-state index in [2.05, 4.69) is 21.9 Å². The summed E-state index contributed by atoms with van der Waals surface area (Å²) < 4.78 is 29.5. The molecule has 0 aromatic heterocycles. The number of hydrogen-bond donors (Lipinski definition) is 1. The number of likely N-dealkylation sites (N-methyl/N-ethyl adjacent to an activating group) is 1. The van der Waals surface area contributed by atoms with Gasteiger partial charge in [-0.05, 0) is 19.5 Å². The molecule has 0 bridgehead atoms. The van der Waals surface area contributed by atoms with Crippen LogP contribution in [0.3, 0.4) is 0 Å². The largest absolute Gasteiger partial charge is 0.434 e. The summed E-state index contributed by atoms with van der Waals surface area (Å²) in [5, 5.41) is 3.24. The molecule has 19 heavy (non-hydrogen) atoms. The molecule has 0 amide bonds. The minimum Gasteiger partial charge on any atom is -0.434 e. The van der Waals surface area contributed by atoms with Crippen LogP contribution in [0.5, 0.6) is 5.75 Å². The fraction of sp³-hybridized carbons (Fsp3) is 0.571. The second-order valence-electron chi connectivity index (χ2n) is 4.73. The van der Waals surface area contributed by atoms with Crippen molar-refractivity contribution in [3.8, 4) is 5.75 Å². The minimum absolute atomic E-state index is 0.0621. The van der Waals surface area contributed by atoms with Gasteiger partial charge < -0.3 is 10.1 Å². The van der Waals surface area contributed by atoms with Gasteiger partial charge in [0.1, 0.15) is 5.75 Å². The maximum absolute atomic E-state index is 12.4. The number of halogens is 2. The van der Waals surface area contributed by atoms with Gasteiger partial charge in [0.05, 0.1) is 0 Å². The average molecular weight is 270 g/mol. The minimum atomic E-state index is -2.78. The summed E-state index contributed by atoms with van der Waals surface area (Å²) in [6.45, 7) is 4.14. The molecule has 1 aromatic carbocycles. The fourth-order valence-electron chi connectivity index (χ4n) is 2.56. The van der Waals surface area contributed by atoms with Gasteiger partial charge in [-0.25, -0.2) is 0 Å². The van der Waals surface area contributed by atoms with E-state index in [4.69, 9.17) is 0 Å². The van der Waals surface area contributed by atoms with Crippen LogP contribution in [0.4, 0.5) is 8.78 Å². The van der Waals surface area contributed by atoms with Crippen molar-refractivity contribution in [3.05, 3.63) is 29.8 Å². The summed E-state index contributed by atoms with van der Waals surface area (Å²) in [4.78, 5) is 2.31. The van der Waals surface area contributed by atoms with Crippen molar-refractivity contribution in [2.45, 2.75) is 32.5 Å². The molecule has 1 atom stereocenters. The number of nitrogens with zero attached hydrogens (tertiary/aromatic N) is 1. The first-order valence-corrected chi connectivity index (χ1v) is 6.63. The molecule has 1 unspecified atom stereocenters. The van der Waals surface area contributed by atoms with Crippen molar-refractivity contribution < 1.29 is 13.5 Å². The van der Waals surface area contributed by atoms with Gasteiger partial charge in [-0.1, -0.05) is 25.1 Å². The smallest absolute Gasteiger partial charge is 0.387 e. The monoisotopic (exact) mass is 270 g/mol. The third kappa shape index (κ3) is 3.22.